The molecule has 1 N–H and O–H groups in total. The molecule has 4 aliphatic carbocycles. The number of fused-ring (bicyclic) bond motifs is 1. The summed E-state index contributed by atoms with van der Waals surface area (Å²) < 4.78 is 5.78. The Bertz CT molecular complexity index is 1530. The molecule has 3 heterocycles. The summed E-state index contributed by atoms with van der Waals surface area (Å²) in [7, 11) is 0. The Morgan fingerprint density at radius 1 is 1.09 bits per heavy atom. The summed E-state index contributed by atoms with van der Waals surface area (Å²) in [5.74, 6) is 0.711. The maximum absolute atomic E-state index is 13.4. The van der Waals surface area contributed by atoms with E-state index in [2.05, 4.69) is 10.3 Å². The van der Waals surface area contributed by atoms with Crippen molar-refractivity contribution in [1.82, 2.24) is 15.2 Å². The van der Waals surface area contributed by atoms with Crippen molar-refractivity contribution < 1.29 is 28.7 Å². The van der Waals surface area contributed by atoms with Crippen molar-refractivity contribution in [3.05, 3.63) is 40.4 Å². The molecule has 0 spiro atoms. The second-order valence-electron chi connectivity index (χ2n) is 14.2. The number of imide groups is 2. The molecule has 4 bridgehead atoms. The van der Waals surface area contributed by atoms with Gasteiger partial charge in [0.1, 0.15) is 6.04 Å². The van der Waals surface area contributed by atoms with Gasteiger partial charge >= 0.3 is 5.97 Å². The van der Waals surface area contributed by atoms with Gasteiger partial charge in [0, 0.05) is 22.4 Å². The highest BCUT2D eigenvalue weighted by Gasteiger charge is 2.51. The maximum atomic E-state index is 13.4. The lowest BCUT2D eigenvalue weighted by molar-refractivity contribution is -0.145. The van der Waals surface area contributed by atoms with Gasteiger partial charge in [-0.2, -0.15) is 0 Å². The van der Waals surface area contributed by atoms with E-state index < -0.39 is 35.1 Å². The van der Waals surface area contributed by atoms with Crippen molar-refractivity contribution in [1.29, 1.82) is 0 Å². The van der Waals surface area contributed by atoms with Crippen LogP contribution < -0.4 is 10.1 Å². The molecular formula is C33H37N3O6S2. The molecule has 1 saturated heterocycles. The number of aromatic nitrogens is 1. The number of hydrogen-bond donors (Lipinski definition) is 1. The first-order valence-electron chi connectivity index (χ1n) is 15.6. The van der Waals surface area contributed by atoms with Crippen molar-refractivity contribution in [2.45, 2.75) is 94.7 Å². The summed E-state index contributed by atoms with van der Waals surface area (Å²) in [4.78, 5) is 69.8. The van der Waals surface area contributed by atoms with Crippen LogP contribution in [0, 0.1) is 28.6 Å². The highest BCUT2D eigenvalue weighted by atomic mass is 32.2. The molecule has 11 heteroatoms. The van der Waals surface area contributed by atoms with Crippen LogP contribution in [0.1, 0.15) is 104 Å². The van der Waals surface area contributed by atoms with Gasteiger partial charge in [-0.25, -0.2) is 4.98 Å². The Morgan fingerprint density at radius 3 is 2.48 bits per heavy atom. The molecule has 2 aromatic rings. The molecule has 6 aliphatic rings. The Kier molecular flexibility index (Phi) is 7.47. The number of thiazole rings is 1. The van der Waals surface area contributed by atoms with Crippen LogP contribution >= 0.6 is 23.1 Å². The number of benzene rings is 1. The Labute approximate surface area is 264 Å². The highest BCUT2D eigenvalue weighted by molar-refractivity contribution is 7.98. The van der Waals surface area contributed by atoms with Gasteiger partial charge in [0.25, 0.3) is 17.0 Å². The molecule has 1 aromatic heterocycles. The quantitative estimate of drug-likeness (QED) is 0.210. The third-order valence-electron chi connectivity index (χ3n) is 10.5. The predicted molar refractivity (Wildman–Crippen MR) is 164 cm³/mol. The summed E-state index contributed by atoms with van der Waals surface area (Å²) in [6.45, 7) is 3.96. The van der Waals surface area contributed by atoms with Crippen molar-refractivity contribution >= 4 is 52.7 Å². The SMILES string of the molecule is CC(C)(CCC12CC3CC(CC(C3)C1)C2)C(=O)Oc1nc(CSc2cccc3c2C(=O)N(C2CCC(=O)NC2=O)C3=O)cs1. The molecule has 44 heavy (non-hydrogen) atoms. The van der Waals surface area contributed by atoms with Crippen molar-refractivity contribution in [2.75, 3.05) is 0 Å². The van der Waals surface area contributed by atoms with E-state index in [1.807, 2.05) is 19.2 Å². The van der Waals surface area contributed by atoms with Gasteiger partial charge in [-0.05, 0) is 107 Å². The molecule has 1 unspecified atom stereocenters. The topological polar surface area (TPSA) is 123 Å². The second-order valence-corrected chi connectivity index (χ2v) is 16.0. The third kappa shape index (κ3) is 5.40. The van der Waals surface area contributed by atoms with E-state index in [0.717, 1.165) is 35.5 Å². The summed E-state index contributed by atoms with van der Waals surface area (Å²) in [6, 6.07) is 4.05. The zero-order valence-corrected chi connectivity index (χ0v) is 26.7. The van der Waals surface area contributed by atoms with Gasteiger partial charge in [-0.15, -0.1) is 11.8 Å². The van der Waals surface area contributed by atoms with Crippen LogP contribution in [0.5, 0.6) is 5.19 Å². The van der Waals surface area contributed by atoms with Gasteiger partial charge in [-0.3, -0.25) is 34.2 Å². The van der Waals surface area contributed by atoms with Crippen LogP contribution in [-0.4, -0.2) is 45.5 Å². The third-order valence-corrected chi connectivity index (χ3v) is 12.4. The standard InChI is InChI=1S/C33H37N3O6S2/c1-32(2,8-9-33-13-18-10-19(14-33)12-20(11-18)15-33)30(41)42-31-34-21(17-44-31)16-43-24-5-3-4-22-26(24)29(40)36(28(22)39)23-6-7-25(37)35-27(23)38/h3-5,17-20,23H,6-16H2,1-2H3,(H,35,37,38). The fraction of sp³-hybridized carbons (Fsp3) is 0.576. The molecule has 4 amide bonds. The summed E-state index contributed by atoms with van der Waals surface area (Å²) in [6.07, 6.45) is 10.3. The van der Waals surface area contributed by atoms with Crippen LogP contribution in [-0.2, 0) is 20.1 Å². The van der Waals surface area contributed by atoms with Gasteiger partial charge in [0.05, 0.1) is 22.2 Å². The molecular weight excluding hydrogens is 599 g/mol. The average Bonchev–Trinajstić information content (AvgIpc) is 3.52. The zero-order valence-electron chi connectivity index (χ0n) is 25.1. The average molecular weight is 636 g/mol. The summed E-state index contributed by atoms with van der Waals surface area (Å²) >= 11 is 2.63. The minimum atomic E-state index is -1.01. The zero-order chi connectivity index (χ0) is 30.8. The highest BCUT2D eigenvalue weighted by Crippen LogP contribution is 2.62. The largest absolute Gasteiger partial charge is 0.397 e. The number of carbonyl (C=O) groups excluding carboxylic acids is 5. The molecule has 9 nitrogen and oxygen atoms in total. The van der Waals surface area contributed by atoms with Crippen LogP contribution in [0.15, 0.2) is 28.5 Å². The van der Waals surface area contributed by atoms with Crippen LogP contribution in [0.25, 0.3) is 0 Å². The number of thioether (sulfide) groups is 1. The number of nitrogens with one attached hydrogen (secondary N) is 1. The number of esters is 1. The van der Waals surface area contributed by atoms with E-state index in [1.165, 1.54) is 61.6 Å². The van der Waals surface area contributed by atoms with E-state index in [-0.39, 0.29) is 29.9 Å². The van der Waals surface area contributed by atoms with E-state index >= 15 is 0 Å². The molecule has 1 atom stereocenters. The first-order chi connectivity index (χ1) is 21.0. The van der Waals surface area contributed by atoms with E-state index in [1.54, 1.807) is 18.2 Å². The fourth-order valence-electron chi connectivity index (χ4n) is 8.65. The summed E-state index contributed by atoms with van der Waals surface area (Å²) in [5, 5.41) is 4.37. The van der Waals surface area contributed by atoms with Crippen molar-refractivity contribution in [3.8, 4) is 5.19 Å². The van der Waals surface area contributed by atoms with Gasteiger partial charge in [0.15, 0.2) is 0 Å². The van der Waals surface area contributed by atoms with Crippen molar-refractivity contribution in [3.63, 3.8) is 0 Å². The lowest BCUT2D eigenvalue weighted by Gasteiger charge is -2.57. The van der Waals surface area contributed by atoms with Crippen LogP contribution in [0.2, 0.25) is 0 Å². The first kappa shape index (κ1) is 29.6. The van der Waals surface area contributed by atoms with E-state index in [9.17, 15) is 24.0 Å². The Hall–Kier alpha value is -3.05. The number of nitrogens with zero attached hydrogens (tertiary/aromatic N) is 2. The van der Waals surface area contributed by atoms with Gasteiger partial charge in [-0.1, -0.05) is 17.4 Å². The Morgan fingerprint density at radius 2 is 1.80 bits per heavy atom. The predicted octanol–water partition coefficient (Wildman–Crippen LogP) is 5.76. The molecule has 8 rings (SSSR count). The Balaban J connectivity index is 0.964. The normalized spacial score (nSPS) is 29.3. The first-order valence-corrected chi connectivity index (χ1v) is 17.5. The lowest BCUT2D eigenvalue weighted by atomic mass is 9.48. The maximum Gasteiger partial charge on any atom is 0.318 e. The summed E-state index contributed by atoms with van der Waals surface area (Å²) in [5.41, 5.74) is 1.02. The number of ether oxygens (including phenoxy) is 1. The van der Waals surface area contributed by atoms with E-state index in [0.29, 0.717) is 27.0 Å². The van der Waals surface area contributed by atoms with Gasteiger partial charge < -0.3 is 4.74 Å². The van der Waals surface area contributed by atoms with Crippen LogP contribution in [0.4, 0.5) is 0 Å². The van der Waals surface area contributed by atoms with Gasteiger partial charge in [0.2, 0.25) is 11.8 Å². The number of hydrogen-bond acceptors (Lipinski definition) is 9. The van der Waals surface area contributed by atoms with Crippen molar-refractivity contribution in [2.24, 2.45) is 28.6 Å². The number of carbonyl (C=O) groups is 5. The number of rotatable bonds is 9. The minimum Gasteiger partial charge on any atom is -0.397 e. The minimum absolute atomic E-state index is 0.0708. The molecule has 4 saturated carbocycles. The smallest absolute Gasteiger partial charge is 0.318 e. The number of piperidine rings is 1. The fourth-order valence-corrected chi connectivity index (χ4v) is 10.4. The lowest BCUT2D eigenvalue weighted by Crippen LogP contribution is -2.54. The second kappa shape index (κ2) is 11.1. The monoisotopic (exact) mass is 635 g/mol. The number of amides is 4. The molecule has 0 radical (unpaired) electrons. The molecule has 1 aromatic carbocycles. The molecule has 2 aliphatic heterocycles. The molecule has 5 fully saturated rings. The molecule has 232 valence electrons. The van der Waals surface area contributed by atoms with E-state index in [4.69, 9.17) is 4.74 Å². The van der Waals surface area contributed by atoms with Crippen LogP contribution in [0.3, 0.4) is 0 Å².